The third kappa shape index (κ3) is 6.68. The van der Waals surface area contributed by atoms with Crippen LogP contribution in [0.4, 0.5) is 10.5 Å². The number of rotatable bonds is 3. The van der Waals surface area contributed by atoms with E-state index in [1.165, 1.54) is 11.1 Å². The fourth-order valence-electron chi connectivity index (χ4n) is 9.80. The van der Waals surface area contributed by atoms with Crippen LogP contribution in [0, 0.1) is 17.8 Å². The smallest absolute Gasteiger partial charge is 0.327 e. The maximum absolute atomic E-state index is 14.5. The van der Waals surface area contributed by atoms with Gasteiger partial charge in [0, 0.05) is 49.0 Å². The lowest BCUT2D eigenvalue weighted by molar-refractivity contribution is 0.0131. The van der Waals surface area contributed by atoms with E-state index in [4.69, 9.17) is 25.8 Å². The van der Waals surface area contributed by atoms with Crippen LogP contribution < -0.4 is 19.7 Å². The number of carbonyl (C=O) groups excluding carboxylic acids is 2. The predicted octanol–water partition coefficient (Wildman–Crippen LogP) is 6.59. The first kappa shape index (κ1) is 34.9. The molecule has 4 fully saturated rings. The number of carbonyl (C=O) groups is 2. The van der Waals surface area contributed by atoms with Gasteiger partial charge >= 0.3 is 6.03 Å². The summed E-state index contributed by atoms with van der Waals surface area (Å²) in [6.07, 6.45) is 11.3. The molecule has 274 valence electrons. The Morgan fingerprint density at radius 1 is 1.16 bits per heavy atom. The van der Waals surface area contributed by atoms with Gasteiger partial charge in [0.25, 0.3) is 5.91 Å². The number of halogens is 1. The average Bonchev–Trinajstić information content (AvgIpc) is 3.50. The molecule has 2 saturated carbocycles. The molecular weight excluding hydrogens is 688 g/mol. The molecule has 0 aromatic heterocycles. The van der Waals surface area contributed by atoms with Crippen LogP contribution in [0.15, 0.2) is 52.9 Å². The molecule has 1 unspecified atom stereocenters. The third-order valence-electron chi connectivity index (χ3n) is 12.3. The Hall–Kier alpha value is -3.12. The molecule has 3 amide bonds. The van der Waals surface area contributed by atoms with Crippen LogP contribution in [0.3, 0.4) is 0 Å². The molecule has 4 aliphatic heterocycles. The van der Waals surface area contributed by atoms with Gasteiger partial charge in [0.05, 0.1) is 41.9 Å². The molecule has 51 heavy (non-hydrogen) atoms. The van der Waals surface area contributed by atoms with Gasteiger partial charge < -0.3 is 24.4 Å². The van der Waals surface area contributed by atoms with Gasteiger partial charge in [0.1, 0.15) is 15.7 Å². The Bertz CT molecular complexity index is 1890. The SMILES string of the molecule is CO[C@H]1/C=C/C[C@H](C)CS(=O)(NC(=O)NC23COC(C)(C2)C3)=NC(=O)c2ccc3c(c2)N(C[C@@H]2CC[C@H]21)C[C@@]1(CCCc2cc(Cl)ccc21)CO3. The lowest BCUT2D eigenvalue weighted by atomic mass is 9.68. The van der Waals surface area contributed by atoms with Gasteiger partial charge in [-0.2, -0.15) is 0 Å². The maximum Gasteiger partial charge on any atom is 0.327 e. The molecule has 2 aromatic rings. The van der Waals surface area contributed by atoms with E-state index in [0.717, 1.165) is 55.9 Å². The minimum absolute atomic E-state index is 0.0214. The van der Waals surface area contributed by atoms with E-state index in [1.54, 1.807) is 13.2 Å². The van der Waals surface area contributed by atoms with Crippen molar-refractivity contribution in [2.45, 2.75) is 87.9 Å². The summed E-state index contributed by atoms with van der Waals surface area (Å²) in [7, 11) is -1.74. The Morgan fingerprint density at radius 3 is 2.75 bits per heavy atom. The van der Waals surface area contributed by atoms with Crippen LogP contribution in [-0.4, -0.2) is 72.6 Å². The summed E-state index contributed by atoms with van der Waals surface area (Å²) in [5, 5.41) is 3.73. The number of urea groups is 1. The van der Waals surface area contributed by atoms with E-state index < -0.39 is 27.4 Å². The summed E-state index contributed by atoms with van der Waals surface area (Å²) in [6.45, 7) is 6.42. The molecule has 1 spiro atoms. The van der Waals surface area contributed by atoms with E-state index in [-0.39, 0.29) is 28.8 Å². The summed E-state index contributed by atoms with van der Waals surface area (Å²) in [5.41, 5.74) is 2.72. The number of fused-ring (bicyclic) bond motifs is 5. The number of benzene rings is 2. The van der Waals surface area contributed by atoms with Crippen LogP contribution in [0.5, 0.6) is 5.75 Å². The molecule has 4 bridgehead atoms. The van der Waals surface area contributed by atoms with Crippen molar-refractivity contribution in [2.24, 2.45) is 22.1 Å². The molecule has 12 heteroatoms. The highest BCUT2D eigenvalue weighted by molar-refractivity contribution is 7.92. The molecule has 3 aliphatic carbocycles. The topological polar surface area (TPSA) is 119 Å². The predicted molar refractivity (Wildman–Crippen MR) is 198 cm³/mol. The van der Waals surface area contributed by atoms with Crippen LogP contribution in [0.2, 0.25) is 5.02 Å². The Kier molecular flexibility index (Phi) is 8.96. The minimum Gasteiger partial charge on any atom is -0.490 e. The molecule has 0 radical (unpaired) electrons. The van der Waals surface area contributed by atoms with Gasteiger partial charge in [0.15, 0.2) is 0 Å². The number of hydrogen-bond donors (Lipinski definition) is 2. The van der Waals surface area contributed by atoms with Crippen molar-refractivity contribution in [1.29, 1.82) is 0 Å². The summed E-state index contributed by atoms with van der Waals surface area (Å²) in [4.78, 5) is 29.8. The minimum atomic E-state index is -3.51. The zero-order chi connectivity index (χ0) is 35.6. The fourth-order valence-corrected chi connectivity index (χ4v) is 11.8. The van der Waals surface area contributed by atoms with Crippen molar-refractivity contribution in [3.05, 3.63) is 70.3 Å². The second-order valence-electron chi connectivity index (χ2n) is 16.4. The Morgan fingerprint density at radius 2 is 2.00 bits per heavy atom. The second-order valence-corrected chi connectivity index (χ2v) is 18.8. The van der Waals surface area contributed by atoms with E-state index in [9.17, 15) is 13.8 Å². The Balaban J connectivity index is 1.16. The normalized spacial score (nSPS) is 37.7. The largest absolute Gasteiger partial charge is 0.490 e. The van der Waals surface area contributed by atoms with Gasteiger partial charge in [-0.15, -0.1) is 4.36 Å². The maximum atomic E-state index is 14.5. The fraction of sp³-hybridized carbons (Fsp3) is 0.590. The average molecular weight is 737 g/mol. The van der Waals surface area contributed by atoms with Crippen molar-refractivity contribution in [1.82, 2.24) is 10.0 Å². The van der Waals surface area contributed by atoms with Crippen LogP contribution in [-0.2, 0) is 31.2 Å². The van der Waals surface area contributed by atoms with Crippen LogP contribution >= 0.6 is 11.6 Å². The molecule has 9 rings (SSSR count). The van der Waals surface area contributed by atoms with Crippen molar-refractivity contribution >= 4 is 39.1 Å². The molecule has 6 atom stereocenters. The first-order chi connectivity index (χ1) is 24.4. The number of allylic oxidation sites excluding steroid dienone is 1. The number of amides is 3. The quantitative estimate of drug-likeness (QED) is 0.342. The molecule has 2 aromatic carbocycles. The first-order valence-electron chi connectivity index (χ1n) is 18.4. The highest BCUT2D eigenvalue weighted by Gasteiger charge is 2.60. The van der Waals surface area contributed by atoms with Gasteiger partial charge in [-0.25, -0.2) is 9.00 Å². The van der Waals surface area contributed by atoms with Crippen molar-refractivity contribution in [3.63, 3.8) is 0 Å². The lowest BCUT2D eigenvalue weighted by Crippen LogP contribution is -2.61. The van der Waals surface area contributed by atoms with E-state index in [0.29, 0.717) is 55.6 Å². The molecular formula is C39H49ClN4O6S. The van der Waals surface area contributed by atoms with Crippen LogP contribution in [0.1, 0.15) is 80.3 Å². The van der Waals surface area contributed by atoms with Crippen molar-refractivity contribution < 1.29 is 28.0 Å². The summed E-state index contributed by atoms with van der Waals surface area (Å²) >= 11 is 6.46. The van der Waals surface area contributed by atoms with Gasteiger partial charge in [-0.05, 0) is 105 Å². The molecule has 4 heterocycles. The lowest BCUT2D eigenvalue weighted by Gasteiger charge is -2.46. The number of methoxy groups -OCH3 is 1. The highest BCUT2D eigenvalue weighted by atomic mass is 35.5. The molecule has 2 saturated heterocycles. The number of hydrogen-bond acceptors (Lipinski definition) is 7. The van der Waals surface area contributed by atoms with E-state index in [1.807, 2.05) is 32.0 Å². The van der Waals surface area contributed by atoms with Gasteiger partial charge in [-0.3, -0.25) is 9.52 Å². The van der Waals surface area contributed by atoms with Gasteiger partial charge in [-0.1, -0.05) is 36.7 Å². The van der Waals surface area contributed by atoms with Crippen molar-refractivity contribution in [2.75, 3.05) is 44.1 Å². The number of anilines is 1. The first-order valence-corrected chi connectivity index (χ1v) is 20.5. The zero-order valence-corrected chi connectivity index (χ0v) is 31.3. The third-order valence-corrected chi connectivity index (χ3v) is 14.5. The molecule has 10 nitrogen and oxygen atoms in total. The summed E-state index contributed by atoms with van der Waals surface area (Å²) in [5.74, 6) is 0.708. The van der Waals surface area contributed by atoms with Crippen LogP contribution in [0.25, 0.3) is 0 Å². The number of aryl methyl sites for hydroxylation is 1. The molecule has 7 aliphatic rings. The van der Waals surface area contributed by atoms with E-state index in [2.05, 4.69) is 43.6 Å². The monoisotopic (exact) mass is 736 g/mol. The van der Waals surface area contributed by atoms with Gasteiger partial charge in [0.2, 0.25) is 0 Å². The summed E-state index contributed by atoms with van der Waals surface area (Å²) in [6, 6.07) is 11.0. The number of ether oxygens (including phenoxy) is 3. The number of nitrogens with zero attached hydrogens (tertiary/aromatic N) is 2. The Labute approximate surface area is 306 Å². The highest BCUT2D eigenvalue weighted by Crippen LogP contribution is 2.51. The standard InChI is InChI=1S/C39H49ClN4O6S/c1-25-6-4-8-33(48-3)30-12-9-28(30)18-44-22-38(15-5-7-26-16-29(40)11-13-31(26)38)23-49-34-14-10-27(17-32(34)44)35(45)42-51(47,19-25)43-36(46)41-39-20-37(2,21-39)50-24-39/h4,8,10-11,13-14,16-17,25,28,30,33H,5-7,9,12,15,18-24H2,1-3H3,(H2,41,42,43,45,46,47)/b8-4+/t25-,28-,30+,33-,37?,38-,39?,51?/m0/s1. The molecule has 2 N–H and O–H groups in total. The number of nitrogens with one attached hydrogen (secondary N) is 2. The second kappa shape index (κ2) is 13.1. The van der Waals surface area contributed by atoms with Crippen molar-refractivity contribution in [3.8, 4) is 5.75 Å². The zero-order valence-electron chi connectivity index (χ0n) is 29.8. The van der Waals surface area contributed by atoms with E-state index >= 15 is 0 Å². The summed E-state index contributed by atoms with van der Waals surface area (Å²) < 4.78 is 40.0.